The molecule has 3 heteroatoms. The Morgan fingerprint density at radius 3 is 2.82 bits per heavy atom. The molecule has 0 bridgehead atoms. The van der Waals surface area contributed by atoms with Crippen LogP contribution in [0, 0.1) is 0 Å². The Bertz CT molecular complexity index is 210. The molecule has 2 aliphatic rings. The fourth-order valence-corrected chi connectivity index (χ4v) is 3.24. The molecule has 100 valence electrons. The molecule has 0 N–H and O–H groups in total. The molecular formula is C14H28N2O. The van der Waals surface area contributed by atoms with Gasteiger partial charge in [-0.05, 0) is 64.7 Å². The van der Waals surface area contributed by atoms with Crippen LogP contribution in [0.5, 0.6) is 0 Å². The minimum Gasteiger partial charge on any atom is -0.385 e. The van der Waals surface area contributed by atoms with Gasteiger partial charge in [-0.15, -0.1) is 0 Å². The van der Waals surface area contributed by atoms with Crippen LogP contribution in [-0.2, 0) is 4.74 Å². The first-order chi connectivity index (χ1) is 8.40. The summed E-state index contributed by atoms with van der Waals surface area (Å²) in [7, 11) is 1.80. The van der Waals surface area contributed by atoms with E-state index in [9.17, 15) is 0 Å². The molecule has 0 spiro atoms. The molecule has 0 amide bonds. The summed E-state index contributed by atoms with van der Waals surface area (Å²) in [6.45, 7) is 7.56. The van der Waals surface area contributed by atoms with Crippen LogP contribution in [0.3, 0.4) is 0 Å². The van der Waals surface area contributed by atoms with E-state index in [1.54, 1.807) is 7.11 Å². The number of ether oxygens (including phenoxy) is 1. The van der Waals surface area contributed by atoms with Gasteiger partial charge < -0.3 is 9.64 Å². The van der Waals surface area contributed by atoms with Gasteiger partial charge in [-0.2, -0.15) is 0 Å². The van der Waals surface area contributed by atoms with E-state index in [1.807, 2.05) is 0 Å². The summed E-state index contributed by atoms with van der Waals surface area (Å²) in [5.74, 6) is 0. The number of nitrogens with zero attached hydrogens (tertiary/aromatic N) is 2. The third-order valence-electron chi connectivity index (χ3n) is 4.21. The molecule has 2 rings (SSSR count). The number of unbranched alkanes of at least 4 members (excludes halogenated alkanes) is 2. The lowest BCUT2D eigenvalue weighted by molar-refractivity contribution is 0.186. The third kappa shape index (κ3) is 4.23. The molecule has 2 fully saturated rings. The highest BCUT2D eigenvalue weighted by atomic mass is 16.5. The predicted molar refractivity (Wildman–Crippen MR) is 71.4 cm³/mol. The van der Waals surface area contributed by atoms with Crippen molar-refractivity contribution in [1.82, 2.24) is 9.80 Å². The number of hydrogen-bond acceptors (Lipinski definition) is 3. The summed E-state index contributed by atoms with van der Waals surface area (Å²) in [6, 6.07) is 0.872. The van der Waals surface area contributed by atoms with Crippen molar-refractivity contribution in [3.05, 3.63) is 0 Å². The largest absolute Gasteiger partial charge is 0.385 e. The lowest BCUT2D eigenvalue weighted by Crippen LogP contribution is -2.37. The summed E-state index contributed by atoms with van der Waals surface area (Å²) in [4.78, 5) is 5.41. The van der Waals surface area contributed by atoms with Gasteiger partial charge in [-0.3, -0.25) is 4.90 Å². The van der Waals surface area contributed by atoms with Crippen molar-refractivity contribution in [3.8, 4) is 0 Å². The van der Waals surface area contributed by atoms with Gasteiger partial charge in [0.25, 0.3) is 0 Å². The van der Waals surface area contributed by atoms with E-state index in [-0.39, 0.29) is 0 Å². The first-order valence-corrected chi connectivity index (χ1v) is 7.35. The number of fused-ring (bicyclic) bond motifs is 1. The molecule has 17 heavy (non-hydrogen) atoms. The van der Waals surface area contributed by atoms with Crippen LogP contribution in [0.2, 0.25) is 0 Å². The van der Waals surface area contributed by atoms with Crippen molar-refractivity contribution >= 4 is 0 Å². The average molecular weight is 240 g/mol. The normalized spacial score (nSPS) is 27.0. The SMILES string of the molecule is COCCCCCN1CCCN2CCCC2C1. The Morgan fingerprint density at radius 1 is 1.06 bits per heavy atom. The molecular weight excluding hydrogens is 212 g/mol. The van der Waals surface area contributed by atoms with E-state index < -0.39 is 0 Å². The molecule has 0 aromatic rings. The van der Waals surface area contributed by atoms with E-state index >= 15 is 0 Å². The molecule has 2 aliphatic heterocycles. The molecule has 1 unspecified atom stereocenters. The van der Waals surface area contributed by atoms with Crippen molar-refractivity contribution in [1.29, 1.82) is 0 Å². The topological polar surface area (TPSA) is 15.7 Å². The summed E-state index contributed by atoms with van der Waals surface area (Å²) >= 11 is 0. The molecule has 3 nitrogen and oxygen atoms in total. The van der Waals surface area contributed by atoms with Crippen molar-refractivity contribution in [2.24, 2.45) is 0 Å². The van der Waals surface area contributed by atoms with Gasteiger partial charge in [-0.1, -0.05) is 0 Å². The minimum absolute atomic E-state index is 0.872. The fourth-order valence-electron chi connectivity index (χ4n) is 3.24. The minimum atomic E-state index is 0.872. The average Bonchev–Trinajstić information content (AvgIpc) is 2.68. The van der Waals surface area contributed by atoms with E-state index in [4.69, 9.17) is 4.74 Å². The molecule has 0 saturated carbocycles. The first-order valence-electron chi connectivity index (χ1n) is 7.35. The van der Waals surface area contributed by atoms with Crippen LogP contribution < -0.4 is 0 Å². The van der Waals surface area contributed by atoms with Crippen LogP contribution in [0.15, 0.2) is 0 Å². The number of methoxy groups -OCH3 is 1. The zero-order valence-electron chi connectivity index (χ0n) is 11.4. The third-order valence-corrected chi connectivity index (χ3v) is 4.21. The Morgan fingerprint density at radius 2 is 1.94 bits per heavy atom. The summed E-state index contributed by atoms with van der Waals surface area (Å²) in [5, 5.41) is 0. The molecule has 0 aromatic carbocycles. The number of hydrogen-bond donors (Lipinski definition) is 0. The van der Waals surface area contributed by atoms with Crippen LogP contribution >= 0.6 is 0 Å². The quantitative estimate of drug-likeness (QED) is 0.660. The van der Waals surface area contributed by atoms with Gasteiger partial charge in [0.2, 0.25) is 0 Å². The van der Waals surface area contributed by atoms with E-state index in [2.05, 4.69) is 9.80 Å². The van der Waals surface area contributed by atoms with Crippen molar-refractivity contribution in [2.45, 2.75) is 44.6 Å². The van der Waals surface area contributed by atoms with E-state index in [0.717, 1.165) is 12.6 Å². The Balaban J connectivity index is 1.63. The van der Waals surface area contributed by atoms with Gasteiger partial charge in [0, 0.05) is 26.3 Å². The second-order valence-corrected chi connectivity index (χ2v) is 5.54. The molecule has 0 radical (unpaired) electrons. The molecule has 0 aliphatic carbocycles. The van der Waals surface area contributed by atoms with Gasteiger partial charge in [-0.25, -0.2) is 0 Å². The van der Waals surface area contributed by atoms with Crippen LogP contribution in [-0.4, -0.2) is 62.3 Å². The summed E-state index contributed by atoms with van der Waals surface area (Å²) in [5.41, 5.74) is 0. The maximum absolute atomic E-state index is 5.09. The smallest absolute Gasteiger partial charge is 0.0462 e. The van der Waals surface area contributed by atoms with Crippen molar-refractivity contribution < 1.29 is 4.74 Å². The lowest BCUT2D eigenvalue weighted by atomic mass is 10.2. The number of rotatable bonds is 6. The summed E-state index contributed by atoms with van der Waals surface area (Å²) in [6.07, 6.45) is 8.11. The van der Waals surface area contributed by atoms with Crippen molar-refractivity contribution in [2.75, 3.05) is 46.4 Å². The molecule has 2 heterocycles. The van der Waals surface area contributed by atoms with Crippen LogP contribution in [0.4, 0.5) is 0 Å². The van der Waals surface area contributed by atoms with Gasteiger partial charge in [0.05, 0.1) is 0 Å². The lowest BCUT2D eigenvalue weighted by Gasteiger charge is -2.25. The molecule has 0 aromatic heterocycles. The zero-order chi connectivity index (χ0) is 11.9. The van der Waals surface area contributed by atoms with Crippen LogP contribution in [0.25, 0.3) is 0 Å². The highest BCUT2D eigenvalue weighted by Gasteiger charge is 2.28. The zero-order valence-corrected chi connectivity index (χ0v) is 11.4. The predicted octanol–water partition coefficient (Wildman–Crippen LogP) is 1.97. The van der Waals surface area contributed by atoms with Gasteiger partial charge in [0.1, 0.15) is 0 Å². The highest BCUT2D eigenvalue weighted by molar-refractivity contribution is 4.84. The second-order valence-electron chi connectivity index (χ2n) is 5.54. The standard InChI is InChI=1S/C14H28N2O/c1-17-12-4-2-3-8-15-9-6-11-16-10-5-7-14(16)13-15/h14H,2-13H2,1H3. The van der Waals surface area contributed by atoms with Gasteiger partial charge >= 0.3 is 0 Å². The van der Waals surface area contributed by atoms with E-state index in [1.165, 1.54) is 71.2 Å². The van der Waals surface area contributed by atoms with Crippen molar-refractivity contribution in [3.63, 3.8) is 0 Å². The Labute approximate surface area is 106 Å². The molecule has 2 saturated heterocycles. The highest BCUT2D eigenvalue weighted by Crippen LogP contribution is 2.21. The summed E-state index contributed by atoms with van der Waals surface area (Å²) < 4.78 is 5.09. The first kappa shape index (κ1) is 13.3. The van der Waals surface area contributed by atoms with Gasteiger partial charge in [0.15, 0.2) is 0 Å². The monoisotopic (exact) mass is 240 g/mol. The Hall–Kier alpha value is -0.120. The fraction of sp³-hybridized carbons (Fsp3) is 1.00. The second kappa shape index (κ2) is 7.34. The Kier molecular flexibility index (Phi) is 5.75. The van der Waals surface area contributed by atoms with E-state index in [0.29, 0.717) is 0 Å². The maximum Gasteiger partial charge on any atom is 0.0462 e. The van der Waals surface area contributed by atoms with Crippen LogP contribution in [0.1, 0.15) is 38.5 Å². The molecule has 1 atom stereocenters. The maximum atomic E-state index is 5.09.